The number of rotatable bonds is 10. The van der Waals surface area contributed by atoms with E-state index in [1.807, 2.05) is 74.4 Å². The Labute approximate surface area is 375 Å². The Balaban J connectivity index is 2.04. The van der Waals surface area contributed by atoms with Crippen LogP contribution in [0.25, 0.3) is 0 Å². The van der Waals surface area contributed by atoms with Crippen molar-refractivity contribution in [1.82, 2.24) is 4.90 Å². The van der Waals surface area contributed by atoms with Gasteiger partial charge in [-0.05, 0) is 80.5 Å². The first-order valence-corrected chi connectivity index (χ1v) is 22.5. The molecule has 17 nitrogen and oxygen atoms in total. The zero-order chi connectivity index (χ0) is 47.4. The molecule has 4 rings (SSSR count). The fraction of sp³-hybridized carbons (Fsp3) is 0.870. The summed E-state index contributed by atoms with van der Waals surface area (Å²) in [5.74, 6) is -4.73. The van der Waals surface area contributed by atoms with Gasteiger partial charge in [0.05, 0.1) is 72.6 Å². The van der Waals surface area contributed by atoms with Crippen molar-refractivity contribution in [2.24, 2.45) is 28.8 Å². The van der Waals surface area contributed by atoms with Gasteiger partial charge in [0.15, 0.2) is 18.7 Å². The lowest BCUT2D eigenvalue weighted by atomic mass is 9.73. The summed E-state index contributed by atoms with van der Waals surface area (Å²) in [6.07, 6.45) is -6.98. The lowest BCUT2D eigenvalue weighted by Gasteiger charge is -2.50. The van der Waals surface area contributed by atoms with Crippen molar-refractivity contribution in [1.29, 1.82) is 0 Å². The van der Waals surface area contributed by atoms with Crippen molar-refractivity contribution in [3.8, 4) is 0 Å². The van der Waals surface area contributed by atoms with Crippen LogP contribution in [-0.2, 0) is 66.6 Å². The molecule has 0 saturated carbocycles. The van der Waals surface area contributed by atoms with Gasteiger partial charge in [-0.25, -0.2) is 4.79 Å². The van der Waals surface area contributed by atoms with E-state index in [9.17, 15) is 19.5 Å². The van der Waals surface area contributed by atoms with Crippen molar-refractivity contribution in [2.45, 2.75) is 193 Å². The molecule has 4 aliphatic rings. The summed E-state index contributed by atoms with van der Waals surface area (Å²) >= 11 is 0. The molecule has 18 atom stereocenters. The van der Waals surface area contributed by atoms with Crippen LogP contribution in [0.1, 0.15) is 109 Å². The van der Waals surface area contributed by atoms with Gasteiger partial charge >= 0.3 is 17.9 Å². The number of methoxy groups -OCH3 is 2. The van der Waals surface area contributed by atoms with Crippen molar-refractivity contribution in [3.05, 3.63) is 12.2 Å². The molecule has 63 heavy (non-hydrogen) atoms. The van der Waals surface area contributed by atoms with Gasteiger partial charge in [0.2, 0.25) is 0 Å². The van der Waals surface area contributed by atoms with Crippen LogP contribution in [0.5, 0.6) is 0 Å². The van der Waals surface area contributed by atoms with Crippen LogP contribution < -0.4 is 0 Å². The molecule has 362 valence electrons. The zero-order valence-corrected chi connectivity index (χ0v) is 40.7. The van der Waals surface area contributed by atoms with Gasteiger partial charge in [-0.3, -0.25) is 9.59 Å². The van der Waals surface area contributed by atoms with Crippen LogP contribution in [0.4, 0.5) is 0 Å². The molecular formula is C46H78N2O15. The van der Waals surface area contributed by atoms with Crippen LogP contribution in [0.3, 0.4) is 0 Å². The lowest BCUT2D eigenvalue weighted by molar-refractivity contribution is -0.322. The standard InChI is InChI=1S/C46H78N2O15/c1-18-34-46(13,52)40-27(5)36(47-63-32(10)50)25(3)20-45(12,56-23-24(2)22-55-40)39(62-43-38(59-31(9)49)33(48(14)15)19-26(4)57-43)28(6)37(29(7)42(51)60-34)61-35-21-44(11,54-17)41(53-16)30(8)58-35/h25-30,33-35,37-41,43,52H,2,18-23H2,1,3-17H3/b47-36+/t25-,26-,27+,28+,29-,30+,33+,34-,35+,37+,38-,39-,40-,41+,43+,44-,45-,46-/m1/s1. The number of aliphatic hydroxyl groups is 1. The third-order valence-electron chi connectivity index (χ3n) is 13.6. The number of cyclic esters (lactones) is 1. The molecule has 2 bridgehead atoms. The van der Waals surface area contributed by atoms with Crippen molar-refractivity contribution in [3.63, 3.8) is 0 Å². The van der Waals surface area contributed by atoms with Gasteiger partial charge in [-0.2, -0.15) is 0 Å². The summed E-state index contributed by atoms with van der Waals surface area (Å²) in [6, 6.07) is -0.286. The largest absolute Gasteiger partial charge is 0.459 e. The van der Waals surface area contributed by atoms with Crippen LogP contribution in [-0.4, -0.2) is 159 Å². The third kappa shape index (κ3) is 12.3. The quantitative estimate of drug-likeness (QED) is 0.134. The fourth-order valence-corrected chi connectivity index (χ4v) is 10.4. The highest BCUT2D eigenvalue weighted by Gasteiger charge is 2.55. The van der Waals surface area contributed by atoms with Crippen LogP contribution in [0.15, 0.2) is 17.3 Å². The Bertz CT molecular complexity index is 1610. The molecule has 0 aromatic carbocycles. The summed E-state index contributed by atoms with van der Waals surface area (Å²) < 4.78 is 65.1. The lowest BCUT2D eigenvalue weighted by Crippen LogP contribution is -2.62. The predicted octanol–water partition coefficient (Wildman–Crippen LogP) is 4.98. The number of nitrogens with zero attached hydrogens (tertiary/aromatic N) is 2. The van der Waals surface area contributed by atoms with Crippen LogP contribution in [0, 0.1) is 23.7 Å². The number of carbonyl (C=O) groups is 3. The topological polar surface area (TPSA) is 189 Å². The molecule has 4 aliphatic heterocycles. The summed E-state index contributed by atoms with van der Waals surface area (Å²) in [5, 5.41) is 17.0. The van der Waals surface area contributed by atoms with Gasteiger partial charge in [0.25, 0.3) is 0 Å². The van der Waals surface area contributed by atoms with E-state index >= 15 is 0 Å². The number of carbonyl (C=O) groups excluding carboxylic acids is 3. The number of ether oxygens (including phenoxy) is 10. The first-order valence-electron chi connectivity index (χ1n) is 22.5. The molecule has 0 aromatic rings. The van der Waals surface area contributed by atoms with E-state index in [0.717, 1.165) is 0 Å². The fourth-order valence-electron chi connectivity index (χ4n) is 10.4. The molecular weight excluding hydrogens is 821 g/mol. The highest BCUT2D eigenvalue weighted by Crippen LogP contribution is 2.43. The average Bonchev–Trinajstić information content (AvgIpc) is 3.20. The van der Waals surface area contributed by atoms with Gasteiger partial charge in [0, 0.05) is 52.2 Å². The summed E-state index contributed by atoms with van der Waals surface area (Å²) in [4.78, 5) is 47.2. The number of hydrogen-bond acceptors (Lipinski definition) is 17. The van der Waals surface area contributed by atoms with E-state index in [0.29, 0.717) is 17.7 Å². The normalized spacial score (nSPS) is 44.2. The van der Waals surface area contributed by atoms with E-state index in [1.54, 1.807) is 28.1 Å². The Hall–Kier alpha value is -2.58. The Morgan fingerprint density at radius 2 is 1.59 bits per heavy atom. The van der Waals surface area contributed by atoms with Crippen molar-refractivity contribution < 1.29 is 71.7 Å². The van der Waals surface area contributed by atoms with Gasteiger partial charge < -0.3 is 62.2 Å². The smallest absolute Gasteiger partial charge is 0.331 e. The number of esters is 2. The average molecular weight is 899 g/mol. The Kier molecular flexibility index (Phi) is 18.4. The van der Waals surface area contributed by atoms with Crippen LogP contribution in [0.2, 0.25) is 0 Å². The zero-order valence-electron chi connectivity index (χ0n) is 40.7. The summed E-state index contributed by atoms with van der Waals surface area (Å²) in [7, 11) is 7.03. The highest BCUT2D eigenvalue weighted by atomic mass is 16.7. The van der Waals surface area contributed by atoms with Crippen LogP contribution >= 0.6 is 0 Å². The summed E-state index contributed by atoms with van der Waals surface area (Å²) in [6.45, 7) is 25.3. The van der Waals surface area contributed by atoms with Gasteiger partial charge in [0.1, 0.15) is 17.8 Å². The maximum atomic E-state index is 14.8. The molecule has 0 unspecified atom stereocenters. The first kappa shape index (κ1) is 53.0. The highest BCUT2D eigenvalue weighted by molar-refractivity contribution is 5.89. The minimum atomic E-state index is -1.79. The molecule has 0 aromatic heterocycles. The van der Waals surface area contributed by atoms with E-state index in [2.05, 4.69) is 11.7 Å². The minimum absolute atomic E-state index is 0.00660. The van der Waals surface area contributed by atoms with Gasteiger partial charge in [-0.1, -0.05) is 39.4 Å². The molecule has 4 saturated heterocycles. The van der Waals surface area contributed by atoms with Crippen molar-refractivity contribution >= 4 is 23.6 Å². The number of oxime groups is 1. The maximum Gasteiger partial charge on any atom is 0.331 e. The predicted molar refractivity (Wildman–Crippen MR) is 231 cm³/mol. The molecule has 0 amide bonds. The second kappa shape index (κ2) is 21.8. The molecule has 0 aliphatic carbocycles. The molecule has 1 N–H and O–H groups in total. The molecule has 0 radical (unpaired) electrons. The maximum absolute atomic E-state index is 14.8. The van der Waals surface area contributed by atoms with E-state index < -0.39 is 114 Å². The number of fused-ring (bicyclic) bond motifs is 5. The van der Waals surface area contributed by atoms with E-state index in [4.69, 9.17) is 52.2 Å². The Morgan fingerprint density at radius 3 is 2.16 bits per heavy atom. The van der Waals surface area contributed by atoms with Crippen molar-refractivity contribution in [2.75, 3.05) is 41.5 Å². The number of likely N-dealkylation sites (N-methyl/N-ethyl adjacent to an activating group) is 1. The number of hydrogen-bond donors (Lipinski definition) is 1. The second-order valence-electron chi connectivity index (χ2n) is 19.2. The first-order chi connectivity index (χ1) is 29.3. The molecule has 4 heterocycles. The monoisotopic (exact) mass is 899 g/mol. The molecule has 0 spiro atoms. The minimum Gasteiger partial charge on any atom is -0.459 e. The van der Waals surface area contributed by atoms with Gasteiger partial charge in [-0.15, -0.1) is 0 Å². The molecule has 17 heteroatoms. The third-order valence-corrected chi connectivity index (χ3v) is 13.6. The SMILES string of the molecule is C=C1CO[C@@H]2[C@@H](C)/C(=N/OC(C)=O)[C@H](C)C[C@@](C)(OC1)[C@H](O[C@@H]1O[C@H](C)C[C@H](N(C)C)[C@H]1OC(C)=O)[C@@H](C)[C@H](O[C@H]1C[C@@](C)(OC)[C@@H](OC)[C@H](C)O1)[C@@H](C)C(=O)O[C@H](CC)[C@@]2(C)O. The Morgan fingerprint density at radius 1 is 0.921 bits per heavy atom. The summed E-state index contributed by atoms with van der Waals surface area (Å²) in [5.41, 5.74) is -2.97. The molecule has 4 fully saturated rings. The van der Waals surface area contributed by atoms with E-state index in [1.165, 1.54) is 13.8 Å². The second-order valence-corrected chi connectivity index (χ2v) is 19.2. The van der Waals surface area contributed by atoms with E-state index in [-0.39, 0.29) is 44.6 Å².